The molecule has 0 heterocycles. The maximum absolute atomic E-state index is 13.7. The fourth-order valence-corrected chi connectivity index (χ4v) is 7.26. The molecule has 2 aliphatic carbocycles. The van der Waals surface area contributed by atoms with E-state index in [1.807, 2.05) is 0 Å². The van der Waals surface area contributed by atoms with Crippen molar-refractivity contribution in [2.45, 2.75) is 9.79 Å². The predicted molar refractivity (Wildman–Crippen MR) is 210 cm³/mol. The van der Waals surface area contributed by atoms with E-state index in [1.54, 1.807) is 30.3 Å². The van der Waals surface area contributed by atoms with Crippen molar-refractivity contribution in [3.8, 4) is 0 Å². The Labute approximate surface area is 323 Å². The Morgan fingerprint density at radius 3 is 1.89 bits per heavy atom. The first-order chi connectivity index (χ1) is 26.8. The number of fused-ring (bicyclic) bond motifs is 1. The number of rotatable bonds is 11. The van der Waals surface area contributed by atoms with Crippen LogP contribution >= 0.6 is 0 Å². The van der Waals surface area contributed by atoms with Crippen molar-refractivity contribution in [2.75, 3.05) is 21.9 Å². The number of benzene rings is 4. The van der Waals surface area contributed by atoms with Crippen molar-refractivity contribution in [3.05, 3.63) is 119 Å². The van der Waals surface area contributed by atoms with Crippen LogP contribution in [-0.4, -0.2) is 61.9 Å². The summed E-state index contributed by atoms with van der Waals surface area (Å²) in [6.07, 6.45) is 4.89. The number of ketones is 2. The Morgan fingerprint density at radius 1 is 0.632 bits per heavy atom. The van der Waals surface area contributed by atoms with E-state index in [-0.39, 0.29) is 22.8 Å². The van der Waals surface area contributed by atoms with Crippen LogP contribution in [0.15, 0.2) is 138 Å². The zero-order valence-corrected chi connectivity index (χ0v) is 31.0. The third-order valence-corrected chi connectivity index (χ3v) is 10.5. The molecule has 4 aromatic rings. The van der Waals surface area contributed by atoms with Gasteiger partial charge in [-0.05, 0) is 84.5 Å². The fourth-order valence-electron chi connectivity index (χ4n) is 5.26. The van der Waals surface area contributed by atoms with Gasteiger partial charge in [0.1, 0.15) is 26.1 Å². The molecule has 0 aliphatic heterocycles. The number of nitrogens with one attached hydrogen (secondary N) is 3. The van der Waals surface area contributed by atoms with Crippen LogP contribution in [0.5, 0.6) is 0 Å². The smallest absolute Gasteiger partial charge is 0.296 e. The van der Waals surface area contributed by atoms with Gasteiger partial charge in [0.05, 0.1) is 34.0 Å². The SMILES string of the molecule is NC1=CC(=O)/C(=N\Nc2ccc(Nc3ccc(N=Nc4c(S(=O)(=O)O)cc5c(c4N)C(=O)/C(=N/Nc4ccccc4)C(S(=O)(=O)O)=C5)cc3S(=O)(=O)O)cc2)C=C1. The maximum atomic E-state index is 13.7. The second-order valence-corrected chi connectivity index (χ2v) is 16.0. The van der Waals surface area contributed by atoms with Crippen molar-refractivity contribution < 1.29 is 48.5 Å². The molecular weight excluding hydrogens is 807 g/mol. The Kier molecular flexibility index (Phi) is 10.7. The zero-order chi connectivity index (χ0) is 41.3. The number of anilines is 5. The van der Waals surface area contributed by atoms with Gasteiger partial charge in [-0.2, -0.15) is 40.6 Å². The van der Waals surface area contributed by atoms with Crippen LogP contribution in [0.1, 0.15) is 15.9 Å². The first-order valence-electron chi connectivity index (χ1n) is 15.8. The first kappa shape index (κ1) is 39.8. The Hall–Kier alpha value is -6.89. The number of nitrogens with zero attached hydrogens (tertiary/aromatic N) is 4. The number of allylic oxidation sites excluding steroid dienone is 4. The molecule has 4 aromatic carbocycles. The summed E-state index contributed by atoms with van der Waals surface area (Å²) >= 11 is 0. The molecule has 0 aromatic heterocycles. The summed E-state index contributed by atoms with van der Waals surface area (Å²) in [5.41, 5.74) is 14.8. The molecule has 0 atom stereocenters. The highest BCUT2D eigenvalue weighted by molar-refractivity contribution is 7.91. The molecule has 0 bridgehead atoms. The second-order valence-electron chi connectivity index (χ2n) is 11.8. The monoisotopic (exact) mass is 833 g/mol. The molecule has 0 unspecified atom stereocenters. The summed E-state index contributed by atoms with van der Waals surface area (Å²) in [5.74, 6) is -1.59. The minimum atomic E-state index is -5.22. The first-order valence-corrected chi connectivity index (χ1v) is 20.1. The van der Waals surface area contributed by atoms with E-state index in [0.717, 1.165) is 12.1 Å². The van der Waals surface area contributed by atoms with Gasteiger partial charge in [-0.25, -0.2) is 0 Å². The third-order valence-electron chi connectivity index (χ3n) is 7.88. The quantitative estimate of drug-likeness (QED) is 0.0337. The lowest BCUT2D eigenvalue weighted by Gasteiger charge is -2.20. The minimum Gasteiger partial charge on any atom is -0.399 e. The molecule has 57 heavy (non-hydrogen) atoms. The standard InChI is InChI=1S/C34H27N9O11S3/c35-19-6-12-24(26(44)16-19)41-38-22-9-7-20(8-10-22)37-25-13-11-23(17-27(25)55(46,47)48)40-42-32-28(56(49,50)51)14-18-15-29(57(52,53)54)33(34(45)30(18)31(32)36)43-39-21-4-2-1-3-5-21/h1-17,37-39H,35-36H2,(H,46,47,48)(H,49,50,51)(H,52,53,54)/b41-24-,42-40?,43-33+. The van der Waals surface area contributed by atoms with E-state index in [9.17, 15) is 48.5 Å². The molecule has 23 heteroatoms. The van der Waals surface area contributed by atoms with Gasteiger partial charge in [0, 0.05) is 17.5 Å². The number of carbonyl (C=O) groups excluding carboxylic acids is 2. The molecule has 0 radical (unpaired) electrons. The summed E-state index contributed by atoms with van der Waals surface area (Å²) in [6.45, 7) is 0. The number of hydrazone groups is 2. The molecule has 0 saturated carbocycles. The van der Waals surface area contributed by atoms with Crippen molar-refractivity contribution >= 4 is 99.2 Å². The van der Waals surface area contributed by atoms with E-state index in [4.69, 9.17) is 11.5 Å². The Morgan fingerprint density at radius 2 is 1.26 bits per heavy atom. The lowest BCUT2D eigenvalue weighted by molar-refractivity contribution is -0.108. The molecule has 0 spiro atoms. The Balaban J connectivity index is 1.33. The van der Waals surface area contributed by atoms with Crippen LogP contribution in [-0.2, 0) is 35.1 Å². The fraction of sp³-hybridized carbons (Fsp3) is 0. The van der Waals surface area contributed by atoms with Crippen LogP contribution in [0.2, 0.25) is 0 Å². The summed E-state index contributed by atoms with van der Waals surface area (Å²) in [4.78, 5) is 23.0. The molecule has 0 fully saturated rings. The van der Waals surface area contributed by atoms with Crippen molar-refractivity contribution in [3.63, 3.8) is 0 Å². The summed E-state index contributed by atoms with van der Waals surface area (Å²) in [5, 5.41) is 18.3. The van der Waals surface area contributed by atoms with E-state index < -0.39 is 84.8 Å². The Bertz CT molecular complexity index is 2890. The normalized spacial score (nSPS) is 16.1. The number of carbonyl (C=O) groups is 2. The van der Waals surface area contributed by atoms with Crippen molar-refractivity contribution in [1.82, 2.24) is 0 Å². The summed E-state index contributed by atoms with van der Waals surface area (Å²) < 4.78 is 104. The van der Waals surface area contributed by atoms with E-state index in [2.05, 4.69) is 36.6 Å². The summed E-state index contributed by atoms with van der Waals surface area (Å²) in [7, 11) is -15.3. The van der Waals surface area contributed by atoms with E-state index >= 15 is 0 Å². The third kappa shape index (κ3) is 8.99. The minimum absolute atomic E-state index is 0.112. The average Bonchev–Trinajstić information content (AvgIpc) is 3.13. The number of azo groups is 1. The molecular formula is C34H27N9O11S3. The number of hydrogen-bond donors (Lipinski definition) is 8. The lowest BCUT2D eigenvalue weighted by Crippen LogP contribution is -2.28. The van der Waals surface area contributed by atoms with Crippen LogP contribution in [0.25, 0.3) is 6.08 Å². The second kappa shape index (κ2) is 15.3. The van der Waals surface area contributed by atoms with Crippen LogP contribution in [0.4, 0.5) is 39.8 Å². The maximum Gasteiger partial charge on any atom is 0.296 e. The summed E-state index contributed by atoms with van der Waals surface area (Å²) in [6, 6.07) is 18.1. The number of para-hydroxylation sites is 1. The van der Waals surface area contributed by atoms with Gasteiger partial charge >= 0.3 is 0 Å². The van der Waals surface area contributed by atoms with Crippen molar-refractivity contribution in [1.29, 1.82) is 0 Å². The highest BCUT2D eigenvalue weighted by Gasteiger charge is 2.37. The molecule has 6 rings (SSSR count). The number of hydrogen-bond acceptors (Lipinski definition) is 17. The van der Waals surface area contributed by atoms with Gasteiger partial charge in [-0.15, -0.1) is 5.11 Å². The van der Waals surface area contributed by atoms with Crippen LogP contribution in [0.3, 0.4) is 0 Å². The number of nitrogens with two attached hydrogens (primary N) is 2. The number of Topliss-reactive ketones (excluding diaryl/α,β-unsaturated/α-hetero) is 1. The van der Waals surface area contributed by atoms with E-state index in [0.29, 0.717) is 23.1 Å². The largest absolute Gasteiger partial charge is 0.399 e. The van der Waals surface area contributed by atoms with Gasteiger partial charge in [-0.1, -0.05) is 18.2 Å². The highest BCUT2D eigenvalue weighted by atomic mass is 32.2. The van der Waals surface area contributed by atoms with Gasteiger partial charge in [-0.3, -0.25) is 34.1 Å². The highest BCUT2D eigenvalue weighted by Crippen LogP contribution is 2.41. The molecule has 10 N–H and O–H groups in total. The van der Waals surface area contributed by atoms with Gasteiger partial charge in [0.25, 0.3) is 30.4 Å². The average molecular weight is 834 g/mol. The van der Waals surface area contributed by atoms with Crippen molar-refractivity contribution in [2.24, 2.45) is 26.2 Å². The zero-order valence-electron chi connectivity index (χ0n) is 28.6. The molecule has 292 valence electrons. The molecule has 0 amide bonds. The molecule has 20 nitrogen and oxygen atoms in total. The molecule has 0 saturated heterocycles. The van der Waals surface area contributed by atoms with Crippen LogP contribution in [0, 0.1) is 0 Å². The lowest BCUT2D eigenvalue weighted by atomic mass is 9.92. The van der Waals surface area contributed by atoms with Crippen LogP contribution < -0.4 is 27.6 Å². The number of nitrogen functional groups attached to an aromatic ring is 1. The predicted octanol–water partition coefficient (Wildman–Crippen LogP) is 4.56. The van der Waals surface area contributed by atoms with E-state index in [1.165, 1.54) is 54.6 Å². The molecule has 2 aliphatic rings. The van der Waals surface area contributed by atoms with Gasteiger partial charge in [0.15, 0.2) is 5.71 Å². The van der Waals surface area contributed by atoms with Gasteiger partial charge < -0.3 is 16.8 Å². The topological polar surface area (TPSA) is 335 Å². The van der Waals surface area contributed by atoms with Gasteiger partial charge in [0.2, 0.25) is 11.6 Å².